The predicted octanol–water partition coefficient (Wildman–Crippen LogP) is 4.41. The number of nitrogens with zero attached hydrogens (tertiary/aromatic N) is 3. The number of thiophene rings is 1. The normalized spacial score (nSPS) is 10.5. The van der Waals surface area contributed by atoms with Crippen molar-refractivity contribution in [3.8, 4) is 10.6 Å². The van der Waals surface area contributed by atoms with Gasteiger partial charge >= 0.3 is 0 Å². The van der Waals surface area contributed by atoms with Gasteiger partial charge in [-0.1, -0.05) is 6.07 Å². The van der Waals surface area contributed by atoms with E-state index in [1.807, 2.05) is 30.3 Å². The second kappa shape index (κ2) is 7.11. The van der Waals surface area contributed by atoms with E-state index in [-0.39, 0.29) is 5.91 Å². The van der Waals surface area contributed by atoms with Gasteiger partial charge in [-0.25, -0.2) is 9.97 Å². The van der Waals surface area contributed by atoms with Crippen molar-refractivity contribution in [2.45, 2.75) is 0 Å². The molecule has 0 radical (unpaired) electrons. The van der Waals surface area contributed by atoms with Crippen LogP contribution in [0.5, 0.6) is 0 Å². The summed E-state index contributed by atoms with van der Waals surface area (Å²) in [4.78, 5) is 23.4. The molecule has 3 rings (SSSR count). The summed E-state index contributed by atoms with van der Waals surface area (Å²) in [6.45, 7) is 0. The molecular weight excluding hydrogens is 388 g/mol. The lowest BCUT2D eigenvalue weighted by Gasteiger charge is -2.11. The predicted molar refractivity (Wildman–Crippen MR) is 101 cm³/mol. The summed E-state index contributed by atoms with van der Waals surface area (Å²) in [7, 11) is 3.46. The Labute approximate surface area is 152 Å². The molecule has 1 aromatic carbocycles. The van der Waals surface area contributed by atoms with Crippen LogP contribution in [0.3, 0.4) is 0 Å². The summed E-state index contributed by atoms with van der Waals surface area (Å²) in [6, 6.07) is 13.2. The molecule has 3 aromatic rings. The number of hydrogen-bond donors (Lipinski definition) is 1. The highest BCUT2D eigenvalue weighted by molar-refractivity contribution is 9.11. The molecule has 24 heavy (non-hydrogen) atoms. The molecule has 0 spiro atoms. The zero-order valence-electron chi connectivity index (χ0n) is 13.2. The second-order valence-corrected chi connectivity index (χ2v) is 7.74. The Morgan fingerprint density at radius 1 is 1.21 bits per heavy atom. The van der Waals surface area contributed by atoms with Gasteiger partial charge < -0.3 is 10.2 Å². The molecule has 0 fully saturated rings. The van der Waals surface area contributed by atoms with Gasteiger partial charge in [-0.3, -0.25) is 4.79 Å². The van der Waals surface area contributed by atoms with Gasteiger partial charge in [-0.05, 0) is 52.3 Å². The number of anilines is 2. The fraction of sp³-hybridized carbons (Fsp3) is 0.118. The van der Waals surface area contributed by atoms with Gasteiger partial charge in [0, 0.05) is 31.5 Å². The Bertz CT molecular complexity index is 878. The van der Waals surface area contributed by atoms with Crippen LogP contribution in [-0.2, 0) is 0 Å². The van der Waals surface area contributed by atoms with Gasteiger partial charge in [0.05, 0.1) is 14.4 Å². The lowest BCUT2D eigenvalue weighted by atomic mass is 10.2. The third kappa shape index (κ3) is 3.80. The van der Waals surface area contributed by atoms with E-state index in [0.29, 0.717) is 11.5 Å². The first-order valence-corrected chi connectivity index (χ1v) is 8.81. The molecule has 0 unspecified atom stereocenters. The Morgan fingerprint density at radius 3 is 2.75 bits per heavy atom. The number of carbonyl (C=O) groups is 1. The minimum absolute atomic E-state index is 0.0447. The summed E-state index contributed by atoms with van der Waals surface area (Å²) < 4.78 is 1.06. The fourth-order valence-corrected chi connectivity index (χ4v) is 3.48. The van der Waals surface area contributed by atoms with Crippen LogP contribution in [0.4, 0.5) is 11.6 Å². The highest BCUT2D eigenvalue weighted by Gasteiger charge is 2.09. The van der Waals surface area contributed by atoms with Crippen LogP contribution in [0.1, 0.15) is 10.4 Å². The van der Waals surface area contributed by atoms with Crippen molar-refractivity contribution in [3.05, 3.63) is 58.0 Å². The van der Waals surface area contributed by atoms with Crippen LogP contribution in [0.15, 0.2) is 52.4 Å². The molecule has 0 saturated carbocycles. The van der Waals surface area contributed by atoms with Gasteiger partial charge in [0.1, 0.15) is 0 Å². The maximum atomic E-state index is 12.1. The number of aromatic nitrogens is 2. The van der Waals surface area contributed by atoms with Crippen molar-refractivity contribution in [3.63, 3.8) is 0 Å². The third-order valence-corrected chi connectivity index (χ3v) is 4.90. The molecule has 7 heteroatoms. The van der Waals surface area contributed by atoms with Gasteiger partial charge in [0.2, 0.25) is 5.95 Å². The van der Waals surface area contributed by atoms with Gasteiger partial charge in [-0.2, -0.15) is 0 Å². The minimum atomic E-state index is -0.0447. The van der Waals surface area contributed by atoms with E-state index in [4.69, 9.17) is 0 Å². The molecule has 0 atom stereocenters. The standard InChI is InChI=1S/C17H15BrN4OS/c1-22(2)16(23)11-4-3-5-12(10-11)20-17-19-9-8-13(21-17)14-6-7-15(18)24-14/h3-10H,1-2H3,(H,19,20,21). The lowest BCUT2D eigenvalue weighted by Crippen LogP contribution is -2.21. The lowest BCUT2D eigenvalue weighted by molar-refractivity contribution is 0.0827. The Hall–Kier alpha value is -2.25. The van der Waals surface area contributed by atoms with E-state index >= 15 is 0 Å². The fourth-order valence-electron chi connectivity index (χ4n) is 2.13. The second-order valence-electron chi connectivity index (χ2n) is 5.27. The molecular formula is C17H15BrN4OS. The molecule has 0 aliphatic heterocycles. The van der Waals surface area contributed by atoms with E-state index in [2.05, 4.69) is 31.2 Å². The molecule has 0 saturated heterocycles. The number of hydrogen-bond acceptors (Lipinski definition) is 5. The maximum Gasteiger partial charge on any atom is 0.253 e. The number of benzene rings is 1. The highest BCUT2D eigenvalue weighted by Crippen LogP contribution is 2.30. The number of carbonyl (C=O) groups excluding carboxylic acids is 1. The van der Waals surface area contributed by atoms with Gasteiger partial charge in [-0.15, -0.1) is 11.3 Å². The molecule has 2 aromatic heterocycles. The Kier molecular flexibility index (Phi) is 4.92. The highest BCUT2D eigenvalue weighted by atomic mass is 79.9. The van der Waals surface area contributed by atoms with Crippen LogP contribution in [0.2, 0.25) is 0 Å². The average molecular weight is 403 g/mol. The maximum absolute atomic E-state index is 12.1. The summed E-state index contributed by atoms with van der Waals surface area (Å²) in [5, 5.41) is 3.16. The first-order chi connectivity index (χ1) is 11.5. The molecule has 2 heterocycles. The van der Waals surface area contributed by atoms with E-state index in [1.54, 1.807) is 48.7 Å². The zero-order valence-corrected chi connectivity index (χ0v) is 15.6. The van der Waals surface area contributed by atoms with Crippen molar-refractivity contribution in [2.24, 2.45) is 0 Å². The van der Waals surface area contributed by atoms with Crippen LogP contribution in [0.25, 0.3) is 10.6 Å². The summed E-state index contributed by atoms with van der Waals surface area (Å²) in [6.07, 6.45) is 1.72. The Balaban J connectivity index is 1.84. The quantitative estimate of drug-likeness (QED) is 0.701. The number of nitrogens with one attached hydrogen (secondary N) is 1. The molecule has 1 N–H and O–H groups in total. The van der Waals surface area contributed by atoms with Crippen molar-refractivity contribution < 1.29 is 4.79 Å². The van der Waals surface area contributed by atoms with Crippen molar-refractivity contribution in [1.29, 1.82) is 0 Å². The van der Waals surface area contributed by atoms with E-state index < -0.39 is 0 Å². The topological polar surface area (TPSA) is 58.1 Å². The monoisotopic (exact) mass is 402 g/mol. The van der Waals surface area contributed by atoms with Gasteiger partial charge in [0.15, 0.2) is 0 Å². The van der Waals surface area contributed by atoms with E-state index in [9.17, 15) is 4.79 Å². The minimum Gasteiger partial charge on any atom is -0.345 e. The molecule has 1 amide bonds. The van der Waals surface area contributed by atoms with Crippen molar-refractivity contribution in [1.82, 2.24) is 14.9 Å². The van der Waals surface area contributed by atoms with E-state index in [1.165, 1.54) is 0 Å². The van der Waals surface area contributed by atoms with Crippen LogP contribution in [0, 0.1) is 0 Å². The first-order valence-electron chi connectivity index (χ1n) is 7.20. The molecule has 0 aliphatic carbocycles. The van der Waals surface area contributed by atoms with Crippen LogP contribution in [-0.4, -0.2) is 34.9 Å². The van der Waals surface area contributed by atoms with Crippen molar-refractivity contribution in [2.75, 3.05) is 19.4 Å². The van der Waals surface area contributed by atoms with Crippen LogP contribution < -0.4 is 5.32 Å². The molecule has 0 bridgehead atoms. The summed E-state index contributed by atoms with van der Waals surface area (Å²) in [5.74, 6) is 0.447. The average Bonchev–Trinajstić information content (AvgIpc) is 3.01. The SMILES string of the molecule is CN(C)C(=O)c1cccc(Nc2nccc(-c3ccc(Br)s3)n2)c1. The number of rotatable bonds is 4. The molecule has 0 aliphatic rings. The van der Waals surface area contributed by atoms with Crippen molar-refractivity contribution >= 4 is 44.8 Å². The number of amides is 1. The van der Waals surface area contributed by atoms with Crippen LogP contribution >= 0.6 is 27.3 Å². The number of halogens is 1. The van der Waals surface area contributed by atoms with E-state index in [0.717, 1.165) is 20.0 Å². The van der Waals surface area contributed by atoms with Gasteiger partial charge in [0.25, 0.3) is 5.91 Å². The summed E-state index contributed by atoms with van der Waals surface area (Å²) >= 11 is 5.07. The largest absolute Gasteiger partial charge is 0.345 e. The summed E-state index contributed by atoms with van der Waals surface area (Å²) in [5.41, 5.74) is 2.24. The third-order valence-electron chi connectivity index (χ3n) is 3.25. The Morgan fingerprint density at radius 2 is 2.04 bits per heavy atom. The smallest absolute Gasteiger partial charge is 0.253 e. The first kappa shape index (κ1) is 16.6. The zero-order chi connectivity index (χ0) is 17.1. The molecule has 122 valence electrons. The molecule has 5 nitrogen and oxygen atoms in total.